The Morgan fingerprint density at radius 2 is 1.57 bits per heavy atom. The maximum atomic E-state index is 12.6. The molecule has 1 N–H and O–H groups in total. The molecule has 8 heteroatoms. The summed E-state index contributed by atoms with van der Waals surface area (Å²) >= 11 is 0. The van der Waals surface area contributed by atoms with E-state index in [1.54, 1.807) is 54.8 Å². The van der Waals surface area contributed by atoms with Gasteiger partial charge in [-0.05, 0) is 52.0 Å². The third-order valence-corrected chi connectivity index (χ3v) is 4.11. The number of piperazine rings is 1. The zero-order valence-corrected chi connectivity index (χ0v) is 17.0. The smallest absolute Gasteiger partial charge is 0.408 e. The highest BCUT2D eigenvalue weighted by Crippen LogP contribution is 2.15. The average molecular weight is 391 g/mol. The molecule has 0 radical (unpaired) electrons. The molecule has 8 nitrogen and oxygen atoms in total. The highest BCUT2D eigenvalue weighted by molar-refractivity contribution is 5.94. The molecule has 0 spiro atoms. The van der Waals surface area contributed by atoms with Crippen molar-refractivity contribution in [1.82, 2.24) is 15.1 Å². The molecule has 2 rings (SSSR count). The Morgan fingerprint density at radius 3 is 2.11 bits per heavy atom. The predicted octanol–water partition coefficient (Wildman–Crippen LogP) is 1.89. The second-order valence-electron chi connectivity index (χ2n) is 7.49. The second-order valence-corrected chi connectivity index (χ2v) is 7.49. The van der Waals surface area contributed by atoms with Gasteiger partial charge in [-0.15, -0.1) is 0 Å². The molecule has 154 valence electrons. The molecule has 3 amide bonds. The molecule has 1 aromatic rings. The van der Waals surface area contributed by atoms with Crippen molar-refractivity contribution in [2.24, 2.45) is 0 Å². The normalized spacial score (nSPS) is 14.4. The minimum Gasteiger partial charge on any atom is -0.494 e. The SMILES string of the molecule is CCOc1ccc(C(=O)N2CCN(C(=O)CNC(=O)OC(C)(C)C)CC2)cc1. The van der Waals surface area contributed by atoms with Crippen molar-refractivity contribution in [1.29, 1.82) is 0 Å². The standard InChI is InChI=1S/C20H29N3O5/c1-5-27-16-8-6-15(7-9-16)18(25)23-12-10-22(11-13-23)17(24)14-21-19(26)28-20(2,3)4/h6-9H,5,10-14H2,1-4H3,(H,21,26). The van der Waals surface area contributed by atoms with Gasteiger partial charge in [0.1, 0.15) is 17.9 Å². The van der Waals surface area contributed by atoms with E-state index in [2.05, 4.69) is 5.32 Å². The molecule has 1 fully saturated rings. The fourth-order valence-electron chi connectivity index (χ4n) is 2.78. The first-order chi connectivity index (χ1) is 13.2. The number of benzene rings is 1. The van der Waals surface area contributed by atoms with Crippen LogP contribution in [0.25, 0.3) is 0 Å². The first kappa shape index (κ1) is 21.5. The summed E-state index contributed by atoms with van der Waals surface area (Å²) < 4.78 is 10.5. The van der Waals surface area contributed by atoms with E-state index in [1.165, 1.54) is 0 Å². The maximum absolute atomic E-state index is 12.6. The van der Waals surface area contributed by atoms with Gasteiger partial charge in [0.05, 0.1) is 6.61 Å². The van der Waals surface area contributed by atoms with Gasteiger partial charge in [0, 0.05) is 31.7 Å². The van der Waals surface area contributed by atoms with E-state index in [9.17, 15) is 14.4 Å². The highest BCUT2D eigenvalue weighted by Gasteiger charge is 2.25. The van der Waals surface area contributed by atoms with Crippen LogP contribution in [0.1, 0.15) is 38.1 Å². The number of nitrogens with zero attached hydrogens (tertiary/aromatic N) is 2. The van der Waals surface area contributed by atoms with Crippen molar-refractivity contribution in [3.8, 4) is 5.75 Å². The Morgan fingerprint density at radius 1 is 1.00 bits per heavy atom. The van der Waals surface area contributed by atoms with Gasteiger partial charge in [-0.2, -0.15) is 0 Å². The van der Waals surface area contributed by atoms with Crippen molar-refractivity contribution < 1.29 is 23.9 Å². The van der Waals surface area contributed by atoms with Gasteiger partial charge in [0.15, 0.2) is 0 Å². The summed E-state index contributed by atoms with van der Waals surface area (Å²) in [7, 11) is 0. The number of carbonyl (C=O) groups is 3. The number of amides is 3. The Hall–Kier alpha value is -2.77. The zero-order valence-electron chi connectivity index (χ0n) is 17.0. The van der Waals surface area contributed by atoms with Crippen LogP contribution in [0.3, 0.4) is 0 Å². The lowest BCUT2D eigenvalue weighted by atomic mass is 10.1. The van der Waals surface area contributed by atoms with Crippen molar-refractivity contribution in [3.63, 3.8) is 0 Å². The van der Waals surface area contributed by atoms with E-state index in [1.807, 2.05) is 6.92 Å². The van der Waals surface area contributed by atoms with E-state index in [0.717, 1.165) is 5.75 Å². The van der Waals surface area contributed by atoms with Crippen LogP contribution >= 0.6 is 0 Å². The van der Waals surface area contributed by atoms with E-state index in [0.29, 0.717) is 38.3 Å². The molecule has 0 saturated carbocycles. The summed E-state index contributed by atoms with van der Waals surface area (Å²) in [5.74, 6) is 0.466. The molecule has 0 unspecified atom stereocenters. The predicted molar refractivity (Wildman–Crippen MR) is 104 cm³/mol. The number of alkyl carbamates (subject to hydrolysis) is 1. The molecule has 1 aliphatic heterocycles. The Labute approximate surface area is 165 Å². The van der Waals surface area contributed by atoms with E-state index in [4.69, 9.17) is 9.47 Å². The molecule has 0 bridgehead atoms. The highest BCUT2D eigenvalue weighted by atomic mass is 16.6. The van der Waals surface area contributed by atoms with E-state index < -0.39 is 11.7 Å². The van der Waals surface area contributed by atoms with Crippen LogP contribution in [0.15, 0.2) is 24.3 Å². The number of ether oxygens (including phenoxy) is 2. The van der Waals surface area contributed by atoms with Gasteiger partial charge < -0.3 is 24.6 Å². The van der Waals surface area contributed by atoms with Crippen LogP contribution in [0.4, 0.5) is 4.79 Å². The van der Waals surface area contributed by atoms with Crippen LogP contribution < -0.4 is 10.1 Å². The topological polar surface area (TPSA) is 88.2 Å². The number of carbonyl (C=O) groups excluding carboxylic acids is 3. The quantitative estimate of drug-likeness (QED) is 0.828. The molecule has 1 heterocycles. The van der Waals surface area contributed by atoms with Gasteiger partial charge in [-0.1, -0.05) is 0 Å². The fraction of sp³-hybridized carbons (Fsp3) is 0.550. The summed E-state index contributed by atoms with van der Waals surface area (Å²) in [5.41, 5.74) is -0.0187. The van der Waals surface area contributed by atoms with Crippen LogP contribution in [0.5, 0.6) is 5.75 Å². The van der Waals surface area contributed by atoms with Crippen molar-refractivity contribution in [2.75, 3.05) is 39.3 Å². The molecule has 1 aliphatic rings. The Bertz CT molecular complexity index is 689. The third-order valence-electron chi connectivity index (χ3n) is 4.11. The van der Waals surface area contributed by atoms with Crippen LogP contribution in [0, 0.1) is 0 Å². The first-order valence-corrected chi connectivity index (χ1v) is 9.46. The van der Waals surface area contributed by atoms with E-state index >= 15 is 0 Å². The summed E-state index contributed by atoms with van der Waals surface area (Å²) in [6.07, 6.45) is -0.620. The van der Waals surface area contributed by atoms with Crippen LogP contribution in [-0.4, -0.2) is 72.6 Å². The minimum absolute atomic E-state index is 0.0676. The second kappa shape index (κ2) is 9.43. The lowest BCUT2D eigenvalue weighted by Crippen LogP contribution is -2.52. The average Bonchev–Trinajstić information content (AvgIpc) is 2.65. The summed E-state index contributed by atoms with van der Waals surface area (Å²) in [6, 6.07) is 7.04. The number of hydrogen-bond acceptors (Lipinski definition) is 5. The lowest BCUT2D eigenvalue weighted by Gasteiger charge is -2.35. The molecule has 0 aromatic heterocycles. The molecule has 0 aliphatic carbocycles. The minimum atomic E-state index is -0.620. The van der Waals surface area contributed by atoms with Crippen LogP contribution in [0.2, 0.25) is 0 Å². The maximum Gasteiger partial charge on any atom is 0.408 e. The van der Waals surface area contributed by atoms with Crippen molar-refractivity contribution in [3.05, 3.63) is 29.8 Å². The number of nitrogens with one attached hydrogen (secondary N) is 1. The molecular formula is C20H29N3O5. The molecule has 0 atom stereocenters. The van der Waals surface area contributed by atoms with Crippen molar-refractivity contribution in [2.45, 2.75) is 33.3 Å². The molecule has 1 saturated heterocycles. The summed E-state index contributed by atoms with van der Waals surface area (Å²) in [5, 5.41) is 2.47. The lowest BCUT2D eigenvalue weighted by molar-refractivity contribution is -0.131. The molecule has 28 heavy (non-hydrogen) atoms. The molecule has 1 aromatic carbocycles. The first-order valence-electron chi connectivity index (χ1n) is 9.46. The summed E-state index contributed by atoms with van der Waals surface area (Å²) in [4.78, 5) is 39.9. The monoisotopic (exact) mass is 391 g/mol. The van der Waals surface area contributed by atoms with E-state index in [-0.39, 0.29) is 18.4 Å². The van der Waals surface area contributed by atoms with Gasteiger partial charge in [-0.3, -0.25) is 9.59 Å². The van der Waals surface area contributed by atoms with Crippen LogP contribution in [-0.2, 0) is 9.53 Å². The van der Waals surface area contributed by atoms with Gasteiger partial charge in [0.2, 0.25) is 5.91 Å². The van der Waals surface area contributed by atoms with Crippen molar-refractivity contribution >= 4 is 17.9 Å². The Kier molecular flexibility index (Phi) is 7.25. The fourth-order valence-corrected chi connectivity index (χ4v) is 2.78. The number of rotatable bonds is 5. The third kappa shape index (κ3) is 6.44. The van der Waals surface area contributed by atoms with Gasteiger partial charge >= 0.3 is 6.09 Å². The van der Waals surface area contributed by atoms with Gasteiger partial charge in [0.25, 0.3) is 5.91 Å². The Balaban J connectivity index is 1.79. The summed E-state index contributed by atoms with van der Waals surface area (Å²) in [6.45, 7) is 9.39. The largest absolute Gasteiger partial charge is 0.494 e. The number of hydrogen-bond donors (Lipinski definition) is 1. The van der Waals surface area contributed by atoms with Gasteiger partial charge in [-0.25, -0.2) is 4.79 Å². The molecular weight excluding hydrogens is 362 g/mol. The zero-order chi connectivity index (χ0) is 20.7.